The smallest absolute Gasteiger partial charge is 0.338 e. The van der Waals surface area contributed by atoms with Crippen LogP contribution in [-0.2, 0) is 4.74 Å². The van der Waals surface area contributed by atoms with Gasteiger partial charge in [0.1, 0.15) is 5.75 Å². The minimum absolute atomic E-state index is 0.387. The molecule has 0 fully saturated rings. The van der Waals surface area contributed by atoms with Crippen LogP contribution in [-0.4, -0.2) is 35.4 Å². The number of benzene rings is 2. The van der Waals surface area contributed by atoms with E-state index in [-0.39, 0.29) is 0 Å². The van der Waals surface area contributed by atoms with Crippen molar-refractivity contribution < 1.29 is 14.3 Å². The number of nitrogens with zero attached hydrogens (tertiary/aromatic N) is 2. The van der Waals surface area contributed by atoms with Gasteiger partial charge in [0.15, 0.2) is 5.65 Å². The van der Waals surface area contributed by atoms with Gasteiger partial charge in [0.25, 0.3) is 0 Å². The molecule has 0 unspecified atom stereocenters. The monoisotopic (exact) mass is 374 g/mol. The molecule has 0 bridgehead atoms. The van der Waals surface area contributed by atoms with Gasteiger partial charge in [-0.15, -0.1) is 0 Å². The van der Waals surface area contributed by atoms with Crippen molar-refractivity contribution in [2.45, 2.75) is 0 Å². The van der Waals surface area contributed by atoms with Crippen LogP contribution in [0, 0.1) is 0 Å². The first kappa shape index (κ1) is 17.5. The predicted octanol–water partition coefficient (Wildman–Crippen LogP) is 3.67. The molecule has 0 aliphatic rings. The van der Waals surface area contributed by atoms with Gasteiger partial charge in [-0.1, -0.05) is 6.07 Å². The second-order valence-electron chi connectivity index (χ2n) is 6.18. The Bertz CT molecular complexity index is 1170. The van der Waals surface area contributed by atoms with Gasteiger partial charge in [0, 0.05) is 34.0 Å². The number of aromatic amines is 1. The average Bonchev–Trinajstić information content (AvgIpc) is 3.16. The number of carbonyl (C=O) groups is 1. The fourth-order valence-corrected chi connectivity index (χ4v) is 3.19. The number of H-pyrrole nitrogens is 1. The topological polar surface area (TPSA) is 103 Å². The van der Waals surface area contributed by atoms with E-state index in [4.69, 9.17) is 15.2 Å². The zero-order valence-corrected chi connectivity index (χ0v) is 15.4. The lowest BCUT2D eigenvalue weighted by atomic mass is 9.97. The molecule has 0 amide bonds. The summed E-state index contributed by atoms with van der Waals surface area (Å²) in [6, 6.07) is 14.7. The summed E-state index contributed by atoms with van der Waals surface area (Å²) in [5.74, 6) is 0.316. The van der Waals surface area contributed by atoms with Gasteiger partial charge >= 0.3 is 5.97 Å². The third kappa shape index (κ3) is 2.92. The van der Waals surface area contributed by atoms with Crippen LogP contribution in [0.15, 0.2) is 54.7 Å². The van der Waals surface area contributed by atoms with Crippen molar-refractivity contribution in [1.82, 2.24) is 15.2 Å². The maximum atomic E-state index is 12.2. The molecule has 7 nitrogen and oxygen atoms in total. The van der Waals surface area contributed by atoms with Crippen molar-refractivity contribution in [2.75, 3.05) is 20.0 Å². The van der Waals surface area contributed by atoms with E-state index < -0.39 is 5.97 Å². The van der Waals surface area contributed by atoms with Crippen molar-refractivity contribution in [3.05, 3.63) is 60.3 Å². The maximum absolute atomic E-state index is 12.2. The number of methoxy groups -OCH3 is 2. The minimum atomic E-state index is -0.454. The second kappa shape index (κ2) is 7.03. The van der Waals surface area contributed by atoms with Crippen molar-refractivity contribution in [3.8, 4) is 28.1 Å². The SMILES string of the molecule is COC(=O)c1cccc(N)c1-c1cnc2n[nH]c(-c3ccc(OC)cc3)c2c1. The summed E-state index contributed by atoms with van der Waals surface area (Å²) < 4.78 is 10.1. The second-order valence-corrected chi connectivity index (χ2v) is 6.18. The van der Waals surface area contributed by atoms with Crippen LogP contribution in [0.5, 0.6) is 5.75 Å². The third-order valence-corrected chi connectivity index (χ3v) is 4.58. The van der Waals surface area contributed by atoms with E-state index in [1.165, 1.54) is 7.11 Å². The molecule has 0 aliphatic heterocycles. The predicted molar refractivity (Wildman–Crippen MR) is 107 cm³/mol. The number of nitrogens with two attached hydrogens (primary N) is 1. The van der Waals surface area contributed by atoms with Crippen LogP contribution in [0.2, 0.25) is 0 Å². The normalized spacial score (nSPS) is 10.8. The van der Waals surface area contributed by atoms with Crippen LogP contribution in [0.25, 0.3) is 33.4 Å². The van der Waals surface area contributed by atoms with Gasteiger partial charge in [-0.25, -0.2) is 9.78 Å². The number of pyridine rings is 1. The van der Waals surface area contributed by atoms with Crippen LogP contribution in [0.1, 0.15) is 10.4 Å². The Hall–Kier alpha value is -3.87. The molecular formula is C21H18N4O3. The molecule has 0 saturated heterocycles. The molecular weight excluding hydrogens is 356 g/mol. The highest BCUT2D eigenvalue weighted by Crippen LogP contribution is 2.34. The Morgan fingerprint density at radius 1 is 1.07 bits per heavy atom. The van der Waals surface area contributed by atoms with Crippen LogP contribution in [0.4, 0.5) is 5.69 Å². The van der Waals surface area contributed by atoms with Crippen molar-refractivity contribution in [2.24, 2.45) is 0 Å². The number of hydrogen-bond acceptors (Lipinski definition) is 6. The van der Waals surface area contributed by atoms with Gasteiger partial charge in [-0.2, -0.15) is 5.10 Å². The fourth-order valence-electron chi connectivity index (χ4n) is 3.19. The number of carbonyl (C=O) groups excluding carboxylic acids is 1. The first-order valence-electron chi connectivity index (χ1n) is 8.58. The van der Waals surface area contributed by atoms with Crippen LogP contribution in [0.3, 0.4) is 0 Å². The van der Waals surface area contributed by atoms with E-state index in [0.29, 0.717) is 28.0 Å². The molecule has 0 atom stereocenters. The molecule has 7 heteroatoms. The molecule has 0 saturated carbocycles. The van der Waals surface area contributed by atoms with Gasteiger partial charge in [-0.05, 0) is 42.5 Å². The Balaban J connectivity index is 1.88. The molecule has 2 heterocycles. The fraction of sp³-hybridized carbons (Fsp3) is 0.0952. The zero-order valence-electron chi connectivity index (χ0n) is 15.4. The van der Waals surface area contributed by atoms with E-state index in [0.717, 1.165) is 22.4 Å². The van der Waals surface area contributed by atoms with Crippen molar-refractivity contribution >= 4 is 22.7 Å². The average molecular weight is 374 g/mol. The number of nitrogen functional groups attached to an aromatic ring is 1. The van der Waals surface area contributed by atoms with Gasteiger partial charge < -0.3 is 15.2 Å². The van der Waals surface area contributed by atoms with E-state index in [2.05, 4.69) is 15.2 Å². The summed E-state index contributed by atoms with van der Waals surface area (Å²) in [6.07, 6.45) is 1.65. The summed E-state index contributed by atoms with van der Waals surface area (Å²) in [7, 11) is 2.97. The van der Waals surface area contributed by atoms with Gasteiger partial charge in [0.05, 0.1) is 25.5 Å². The molecule has 2 aromatic heterocycles. The number of hydrogen-bond donors (Lipinski definition) is 2. The molecule has 4 aromatic rings. The maximum Gasteiger partial charge on any atom is 0.338 e. The molecule has 0 spiro atoms. The van der Waals surface area contributed by atoms with Crippen LogP contribution >= 0.6 is 0 Å². The molecule has 3 N–H and O–H groups in total. The molecule has 2 aromatic carbocycles. The van der Waals surface area contributed by atoms with Crippen LogP contribution < -0.4 is 10.5 Å². The third-order valence-electron chi connectivity index (χ3n) is 4.58. The standard InChI is InChI=1S/C21H18N4O3/c1-27-14-8-6-12(7-9-14)19-16-10-13(11-23-20(16)25-24-19)18-15(21(26)28-2)4-3-5-17(18)22/h3-11H,22H2,1-2H3,(H,23,24,25). The van der Waals surface area contributed by atoms with Crippen molar-refractivity contribution in [3.63, 3.8) is 0 Å². The lowest BCUT2D eigenvalue weighted by Crippen LogP contribution is -2.05. The molecule has 0 radical (unpaired) electrons. The van der Waals surface area contributed by atoms with Gasteiger partial charge in [-0.3, -0.25) is 5.10 Å². The van der Waals surface area contributed by atoms with Gasteiger partial charge in [0.2, 0.25) is 0 Å². The summed E-state index contributed by atoms with van der Waals surface area (Å²) in [4.78, 5) is 16.6. The number of fused-ring (bicyclic) bond motifs is 1. The molecule has 140 valence electrons. The van der Waals surface area contributed by atoms with E-state index in [1.807, 2.05) is 30.3 Å². The number of nitrogens with one attached hydrogen (secondary N) is 1. The first-order valence-corrected chi connectivity index (χ1v) is 8.58. The molecule has 28 heavy (non-hydrogen) atoms. The highest BCUT2D eigenvalue weighted by Gasteiger charge is 2.18. The summed E-state index contributed by atoms with van der Waals surface area (Å²) in [6.45, 7) is 0. The quantitative estimate of drug-likeness (QED) is 0.417. The number of ether oxygens (including phenoxy) is 2. The Labute approximate surface area is 161 Å². The first-order chi connectivity index (χ1) is 13.6. The Morgan fingerprint density at radius 2 is 1.86 bits per heavy atom. The number of rotatable bonds is 4. The highest BCUT2D eigenvalue weighted by molar-refractivity contribution is 6.02. The molecule has 4 rings (SSSR count). The van der Waals surface area contributed by atoms with Crippen molar-refractivity contribution in [1.29, 1.82) is 0 Å². The highest BCUT2D eigenvalue weighted by atomic mass is 16.5. The van der Waals surface area contributed by atoms with E-state index in [1.54, 1.807) is 31.5 Å². The zero-order chi connectivity index (χ0) is 19.7. The number of aromatic nitrogens is 3. The number of esters is 1. The minimum Gasteiger partial charge on any atom is -0.497 e. The number of anilines is 1. The summed E-state index contributed by atoms with van der Waals surface area (Å²) in [5.41, 5.74) is 10.7. The lowest BCUT2D eigenvalue weighted by molar-refractivity contribution is 0.0601. The Morgan fingerprint density at radius 3 is 2.57 bits per heavy atom. The largest absolute Gasteiger partial charge is 0.497 e. The summed E-state index contributed by atoms with van der Waals surface area (Å²) >= 11 is 0. The molecule has 0 aliphatic carbocycles. The summed E-state index contributed by atoms with van der Waals surface area (Å²) in [5, 5.41) is 8.13. The Kier molecular flexibility index (Phi) is 4.41. The lowest BCUT2D eigenvalue weighted by Gasteiger charge is -2.11. The van der Waals surface area contributed by atoms with E-state index >= 15 is 0 Å². The van der Waals surface area contributed by atoms with E-state index in [9.17, 15) is 4.79 Å².